The van der Waals surface area contributed by atoms with Crippen LogP contribution >= 0.6 is 0 Å². The smallest absolute Gasteiger partial charge is 0.229 e. The van der Waals surface area contributed by atoms with Gasteiger partial charge in [0.25, 0.3) is 0 Å². The number of aromatic nitrogens is 4. The summed E-state index contributed by atoms with van der Waals surface area (Å²) < 4.78 is 30.4. The second-order valence-corrected chi connectivity index (χ2v) is 7.14. The zero-order valence-corrected chi connectivity index (χ0v) is 14.8. The molecular weight excluding hydrogens is 352 g/mol. The zero-order valence-electron chi connectivity index (χ0n) is 14.8. The molecule has 3 aromatic rings. The molecule has 0 N–H and O–H groups in total. The molecule has 1 unspecified atom stereocenters. The average molecular weight is 369 g/mol. The van der Waals surface area contributed by atoms with E-state index in [1.54, 1.807) is 17.5 Å². The first-order valence-corrected chi connectivity index (χ1v) is 9.01. The predicted octanol–water partition coefficient (Wildman–Crippen LogP) is 2.02. The van der Waals surface area contributed by atoms with Gasteiger partial charge in [-0.25, -0.2) is 18.7 Å². The summed E-state index contributed by atoms with van der Waals surface area (Å²) in [5.74, 6) is -1.32. The first kappa shape index (κ1) is 16.3. The van der Waals surface area contributed by atoms with Crippen LogP contribution in [0.3, 0.4) is 0 Å². The molecule has 0 amide bonds. The number of aryl methyl sites for hydroxylation is 1. The van der Waals surface area contributed by atoms with Crippen LogP contribution in [0.1, 0.15) is 24.2 Å². The Morgan fingerprint density at radius 2 is 2.04 bits per heavy atom. The summed E-state index contributed by atoms with van der Waals surface area (Å²) in [6.07, 6.45) is 2.30. The number of piperazine rings is 1. The second-order valence-electron chi connectivity index (χ2n) is 7.14. The summed E-state index contributed by atoms with van der Waals surface area (Å²) in [5, 5.41) is 13.8. The van der Waals surface area contributed by atoms with Crippen molar-refractivity contribution >= 4 is 22.5 Å². The Hall–Kier alpha value is -2.86. The van der Waals surface area contributed by atoms with Gasteiger partial charge in [-0.1, -0.05) is 0 Å². The maximum atomic E-state index is 14.7. The van der Waals surface area contributed by atoms with Gasteiger partial charge >= 0.3 is 0 Å². The molecular formula is C18H17F2N7. The van der Waals surface area contributed by atoms with Crippen LogP contribution in [0, 0.1) is 29.9 Å². The molecule has 0 saturated carbocycles. The van der Waals surface area contributed by atoms with Gasteiger partial charge < -0.3 is 4.90 Å². The monoisotopic (exact) mass is 369 g/mol. The Morgan fingerprint density at radius 1 is 1.19 bits per heavy atom. The van der Waals surface area contributed by atoms with Crippen molar-refractivity contribution in [3.05, 3.63) is 29.1 Å². The van der Waals surface area contributed by atoms with Crippen LogP contribution in [0.4, 0.5) is 14.7 Å². The van der Waals surface area contributed by atoms with E-state index in [0.29, 0.717) is 23.5 Å². The van der Waals surface area contributed by atoms with E-state index in [1.165, 1.54) is 12.5 Å². The summed E-state index contributed by atoms with van der Waals surface area (Å²) >= 11 is 0. The van der Waals surface area contributed by atoms with E-state index in [9.17, 15) is 8.78 Å². The molecule has 2 fully saturated rings. The minimum Gasteiger partial charge on any atom is -0.338 e. The molecule has 9 heteroatoms. The topological polar surface area (TPSA) is 73.4 Å². The molecule has 2 saturated heterocycles. The minimum atomic E-state index is -1.18. The van der Waals surface area contributed by atoms with E-state index >= 15 is 0 Å². The Morgan fingerprint density at radius 3 is 2.85 bits per heavy atom. The van der Waals surface area contributed by atoms with Crippen molar-refractivity contribution in [3.8, 4) is 6.07 Å². The molecule has 27 heavy (non-hydrogen) atoms. The summed E-state index contributed by atoms with van der Waals surface area (Å²) in [7, 11) is 0. The third-order valence-corrected chi connectivity index (χ3v) is 5.53. The van der Waals surface area contributed by atoms with Crippen molar-refractivity contribution in [3.63, 3.8) is 0 Å². The highest BCUT2D eigenvalue weighted by molar-refractivity contribution is 5.93. The van der Waals surface area contributed by atoms with Gasteiger partial charge in [-0.3, -0.25) is 4.90 Å². The van der Waals surface area contributed by atoms with Gasteiger partial charge in [0.1, 0.15) is 17.4 Å². The number of rotatable bonds is 1. The molecule has 0 bridgehead atoms. The van der Waals surface area contributed by atoms with Gasteiger partial charge in [-0.05, 0) is 32.4 Å². The van der Waals surface area contributed by atoms with E-state index in [4.69, 9.17) is 5.26 Å². The van der Waals surface area contributed by atoms with Crippen LogP contribution in [-0.4, -0.2) is 56.7 Å². The van der Waals surface area contributed by atoms with E-state index in [2.05, 4.69) is 24.9 Å². The van der Waals surface area contributed by atoms with E-state index in [1.807, 2.05) is 0 Å². The lowest BCUT2D eigenvalue weighted by molar-refractivity contribution is 0.229. The maximum absolute atomic E-state index is 14.7. The number of hydrogen-bond donors (Lipinski definition) is 0. The van der Waals surface area contributed by atoms with Gasteiger partial charge in [0.15, 0.2) is 17.3 Å². The SMILES string of the molecule is Cc1nc2c3cc(C#N)c(F)c(F)c3nc(N3CCN4CCCC4C3)n2n1. The lowest BCUT2D eigenvalue weighted by Gasteiger charge is -2.37. The van der Waals surface area contributed by atoms with Gasteiger partial charge in [0.2, 0.25) is 5.95 Å². The quantitative estimate of drug-likeness (QED) is 0.653. The van der Waals surface area contributed by atoms with Crippen LogP contribution in [0.2, 0.25) is 0 Å². The fraction of sp³-hybridized carbons (Fsp3) is 0.444. The Bertz CT molecular complexity index is 1120. The van der Waals surface area contributed by atoms with Crippen LogP contribution in [0.25, 0.3) is 16.6 Å². The van der Waals surface area contributed by atoms with E-state index in [-0.39, 0.29) is 16.5 Å². The van der Waals surface area contributed by atoms with E-state index in [0.717, 1.165) is 32.6 Å². The molecule has 0 aliphatic carbocycles. The summed E-state index contributed by atoms with van der Waals surface area (Å²) in [6.45, 7) is 5.26. The first-order chi connectivity index (χ1) is 13.1. The molecule has 0 radical (unpaired) electrons. The Balaban J connectivity index is 1.74. The third kappa shape index (κ3) is 2.36. The predicted molar refractivity (Wildman–Crippen MR) is 94.5 cm³/mol. The van der Waals surface area contributed by atoms with Crippen LogP contribution < -0.4 is 4.90 Å². The highest BCUT2D eigenvalue weighted by Crippen LogP contribution is 2.30. The molecule has 2 aliphatic rings. The molecule has 4 heterocycles. The molecule has 7 nitrogen and oxygen atoms in total. The highest BCUT2D eigenvalue weighted by Gasteiger charge is 2.33. The molecule has 2 aromatic heterocycles. The average Bonchev–Trinajstić information content (AvgIpc) is 3.29. The third-order valence-electron chi connectivity index (χ3n) is 5.53. The molecule has 1 aromatic carbocycles. The summed E-state index contributed by atoms with van der Waals surface area (Å²) in [4.78, 5) is 13.4. The second kappa shape index (κ2) is 5.82. The number of nitriles is 1. The van der Waals surface area contributed by atoms with Crippen molar-refractivity contribution < 1.29 is 8.78 Å². The summed E-state index contributed by atoms with van der Waals surface area (Å²) in [6, 6.07) is 3.42. The fourth-order valence-corrected chi connectivity index (χ4v) is 4.23. The molecule has 1 atom stereocenters. The number of fused-ring (bicyclic) bond motifs is 4. The normalized spacial score (nSPS) is 20.4. The van der Waals surface area contributed by atoms with Crippen molar-refractivity contribution in [2.45, 2.75) is 25.8 Å². The number of hydrogen-bond acceptors (Lipinski definition) is 6. The molecule has 0 spiro atoms. The van der Waals surface area contributed by atoms with Crippen molar-refractivity contribution in [1.82, 2.24) is 24.5 Å². The van der Waals surface area contributed by atoms with Crippen molar-refractivity contribution in [2.24, 2.45) is 0 Å². The highest BCUT2D eigenvalue weighted by atomic mass is 19.2. The summed E-state index contributed by atoms with van der Waals surface area (Å²) in [5.41, 5.74) is -0.0938. The Kier molecular flexibility index (Phi) is 3.52. The number of halogens is 2. The van der Waals surface area contributed by atoms with Crippen molar-refractivity contribution in [1.29, 1.82) is 5.26 Å². The Labute approximate surface area is 153 Å². The number of anilines is 1. The lowest BCUT2D eigenvalue weighted by Crippen LogP contribution is -2.51. The van der Waals surface area contributed by atoms with Gasteiger partial charge in [-0.2, -0.15) is 9.78 Å². The largest absolute Gasteiger partial charge is 0.338 e. The fourth-order valence-electron chi connectivity index (χ4n) is 4.23. The maximum Gasteiger partial charge on any atom is 0.229 e. The van der Waals surface area contributed by atoms with E-state index < -0.39 is 11.6 Å². The van der Waals surface area contributed by atoms with Gasteiger partial charge in [0, 0.05) is 31.1 Å². The van der Waals surface area contributed by atoms with Crippen molar-refractivity contribution in [2.75, 3.05) is 31.1 Å². The van der Waals surface area contributed by atoms with Crippen LogP contribution in [0.15, 0.2) is 6.07 Å². The zero-order chi connectivity index (χ0) is 18.7. The molecule has 138 valence electrons. The van der Waals surface area contributed by atoms with Crippen LogP contribution in [-0.2, 0) is 0 Å². The minimum absolute atomic E-state index is 0.116. The lowest BCUT2D eigenvalue weighted by atomic mass is 10.1. The molecule has 2 aliphatic heterocycles. The van der Waals surface area contributed by atoms with Gasteiger partial charge in [0.05, 0.1) is 5.56 Å². The van der Waals surface area contributed by atoms with Crippen LogP contribution in [0.5, 0.6) is 0 Å². The number of nitrogens with zero attached hydrogens (tertiary/aromatic N) is 7. The number of benzene rings is 1. The molecule has 5 rings (SSSR count). The first-order valence-electron chi connectivity index (χ1n) is 9.01. The van der Waals surface area contributed by atoms with Gasteiger partial charge in [-0.15, -0.1) is 5.10 Å². The standard InChI is InChI=1S/C18H17F2N7/c1-10-22-17-13-7-11(8-21)14(19)15(20)16(13)23-18(27(17)24-10)26-6-5-25-4-2-3-12(25)9-26/h7,12H,2-6,9H2,1H3.